The molecule has 1 atom stereocenters. The van der Waals surface area contributed by atoms with E-state index in [1.807, 2.05) is 11.3 Å². The highest BCUT2D eigenvalue weighted by Gasteiger charge is 2.33. The molecule has 0 radical (unpaired) electrons. The van der Waals surface area contributed by atoms with Gasteiger partial charge in [-0.05, 0) is 50.8 Å². The summed E-state index contributed by atoms with van der Waals surface area (Å²) < 4.78 is 1.37. The van der Waals surface area contributed by atoms with Crippen molar-refractivity contribution < 1.29 is 0 Å². The number of fused-ring (bicyclic) bond motifs is 1. The molecule has 1 aromatic heterocycles. The minimum absolute atomic E-state index is 0.133. The van der Waals surface area contributed by atoms with E-state index < -0.39 is 0 Å². The van der Waals surface area contributed by atoms with Crippen molar-refractivity contribution in [2.75, 3.05) is 6.54 Å². The highest BCUT2D eigenvalue weighted by molar-refractivity contribution is 7.18. The van der Waals surface area contributed by atoms with Crippen molar-refractivity contribution in [2.24, 2.45) is 0 Å². The lowest BCUT2D eigenvalue weighted by molar-refractivity contribution is 0.438. The van der Waals surface area contributed by atoms with Gasteiger partial charge >= 0.3 is 0 Å². The highest BCUT2D eigenvalue weighted by Crippen LogP contribution is 2.45. The van der Waals surface area contributed by atoms with Crippen LogP contribution in [-0.2, 0) is 5.54 Å². The quantitative estimate of drug-likeness (QED) is 0.887. The molecule has 4 rings (SSSR count). The fourth-order valence-electron chi connectivity index (χ4n) is 3.04. The van der Waals surface area contributed by atoms with Gasteiger partial charge in [0.05, 0.1) is 15.2 Å². The van der Waals surface area contributed by atoms with Crippen LogP contribution in [0, 0.1) is 0 Å². The molecule has 2 aromatic rings. The van der Waals surface area contributed by atoms with Crippen molar-refractivity contribution in [2.45, 2.75) is 44.1 Å². The first kappa shape index (κ1) is 10.9. The predicted octanol–water partition coefficient (Wildman–Crippen LogP) is 3.77. The number of para-hydroxylation sites is 1. The van der Waals surface area contributed by atoms with Gasteiger partial charge in [-0.1, -0.05) is 12.1 Å². The second-order valence-corrected chi connectivity index (χ2v) is 6.90. The topological polar surface area (TPSA) is 24.9 Å². The van der Waals surface area contributed by atoms with Crippen LogP contribution in [0.25, 0.3) is 10.2 Å². The smallest absolute Gasteiger partial charge is 0.0969 e. The van der Waals surface area contributed by atoms with Crippen molar-refractivity contribution in [1.82, 2.24) is 10.3 Å². The Morgan fingerprint density at radius 1 is 1.39 bits per heavy atom. The zero-order chi connectivity index (χ0) is 12.2. The lowest BCUT2D eigenvalue weighted by atomic mass is 9.90. The predicted molar refractivity (Wildman–Crippen MR) is 76.2 cm³/mol. The molecule has 1 saturated heterocycles. The molecular weight excluding hydrogens is 240 g/mol. The number of hydrogen-bond donors (Lipinski definition) is 1. The Morgan fingerprint density at radius 2 is 2.28 bits per heavy atom. The molecule has 3 heteroatoms. The molecule has 18 heavy (non-hydrogen) atoms. The third-order valence-electron chi connectivity index (χ3n) is 4.33. The summed E-state index contributed by atoms with van der Waals surface area (Å²) in [5.41, 5.74) is 2.79. The summed E-state index contributed by atoms with van der Waals surface area (Å²) in [5, 5.41) is 5.02. The summed E-state index contributed by atoms with van der Waals surface area (Å²) in [6.07, 6.45) is 5.17. The van der Waals surface area contributed by atoms with Gasteiger partial charge in [-0.3, -0.25) is 0 Å². The maximum Gasteiger partial charge on any atom is 0.0969 e. The number of thiazole rings is 1. The van der Waals surface area contributed by atoms with Crippen molar-refractivity contribution in [3.63, 3.8) is 0 Å². The Bertz CT molecular complexity index is 592. The normalized spacial score (nSPS) is 28.1. The summed E-state index contributed by atoms with van der Waals surface area (Å²) in [6.45, 7) is 3.46. The molecule has 1 aliphatic carbocycles. The van der Waals surface area contributed by atoms with Gasteiger partial charge in [-0.15, -0.1) is 11.3 Å². The molecule has 94 valence electrons. The van der Waals surface area contributed by atoms with Crippen molar-refractivity contribution >= 4 is 21.6 Å². The molecule has 2 aliphatic rings. The molecule has 1 aliphatic heterocycles. The Balaban J connectivity index is 1.88. The van der Waals surface area contributed by atoms with Crippen molar-refractivity contribution in [1.29, 1.82) is 0 Å². The third-order valence-corrected chi connectivity index (χ3v) is 5.51. The van der Waals surface area contributed by atoms with E-state index in [1.165, 1.54) is 46.5 Å². The SMILES string of the molecule is CC1(c2cccc3sc(C4CC4)nc23)CCCN1. The van der Waals surface area contributed by atoms with Crippen LogP contribution >= 0.6 is 11.3 Å². The molecule has 1 N–H and O–H groups in total. The molecule has 2 heterocycles. The maximum absolute atomic E-state index is 4.94. The molecule has 0 spiro atoms. The molecule has 1 aromatic carbocycles. The van der Waals surface area contributed by atoms with E-state index in [1.54, 1.807) is 0 Å². The molecule has 0 bridgehead atoms. The van der Waals surface area contributed by atoms with Gasteiger partial charge in [0.2, 0.25) is 0 Å². The van der Waals surface area contributed by atoms with Gasteiger partial charge < -0.3 is 5.32 Å². The van der Waals surface area contributed by atoms with Gasteiger partial charge in [0.15, 0.2) is 0 Å². The molecule has 2 fully saturated rings. The molecule has 0 amide bonds. The molecule has 1 unspecified atom stereocenters. The molecule has 1 saturated carbocycles. The Labute approximate surface area is 111 Å². The average Bonchev–Trinajstić information content (AvgIpc) is 2.98. The first-order valence-corrected chi connectivity index (χ1v) is 7.73. The van der Waals surface area contributed by atoms with Crippen LogP contribution in [0.4, 0.5) is 0 Å². The summed E-state index contributed by atoms with van der Waals surface area (Å²) in [6, 6.07) is 6.68. The number of nitrogens with zero attached hydrogens (tertiary/aromatic N) is 1. The second kappa shape index (κ2) is 3.78. The second-order valence-electron chi connectivity index (χ2n) is 5.84. The number of rotatable bonds is 2. The Morgan fingerprint density at radius 3 is 3.00 bits per heavy atom. The van der Waals surface area contributed by atoms with Gasteiger partial charge in [0, 0.05) is 11.5 Å². The minimum Gasteiger partial charge on any atom is -0.308 e. The van der Waals surface area contributed by atoms with E-state index in [4.69, 9.17) is 4.98 Å². The summed E-state index contributed by atoms with van der Waals surface area (Å²) >= 11 is 1.90. The highest BCUT2D eigenvalue weighted by atomic mass is 32.1. The van der Waals surface area contributed by atoms with Gasteiger partial charge in [-0.25, -0.2) is 4.98 Å². The Hall–Kier alpha value is -0.930. The molecular formula is C15H18N2S. The zero-order valence-corrected chi connectivity index (χ0v) is 11.5. The fraction of sp³-hybridized carbons (Fsp3) is 0.533. The summed E-state index contributed by atoms with van der Waals surface area (Å²) in [5.74, 6) is 0.764. The molecule has 2 nitrogen and oxygen atoms in total. The van der Waals surface area contributed by atoms with Crippen LogP contribution in [0.2, 0.25) is 0 Å². The van der Waals surface area contributed by atoms with E-state index in [-0.39, 0.29) is 5.54 Å². The number of nitrogens with one attached hydrogen (secondary N) is 1. The third kappa shape index (κ3) is 1.61. The summed E-state index contributed by atoms with van der Waals surface area (Å²) in [4.78, 5) is 4.94. The first-order valence-electron chi connectivity index (χ1n) is 6.91. The van der Waals surface area contributed by atoms with Crippen molar-refractivity contribution in [3.05, 3.63) is 28.8 Å². The van der Waals surface area contributed by atoms with E-state index in [0.717, 1.165) is 12.5 Å². The van der Waals surface area contributed by atoms with E-state index in [9.17, 15) is 0 Å². The van der Waals surface area contributed by atoms with Crippen LogP contribution in [-0.4, -0.2) is 11.5 Å². The summed E-state index contributed by atoms with van der Waals surface area (Å²) in [7, 11) is 0. The van der Waals surface area contributed by atoms with Crippen LogP contribution in [0.1, 0.15) is 49.1 Å². The minimum atomic E-state index is 0.133. The lowest BCUT2D eigenvalue weighted by Gasteiger charge is -2.25. The van der Waals surface area contributed by atoms with Gasteiger partial charge in [0.25, 0.3) is 0 Å². The van der Waals surface area contributed by atoms with E-state index in [2.05, 4.69) is 30.4 Å². The number of hydrogen-bond acceptors (Lipinski definition) is 3. The number of benzene rings is 1. The van der Waals surface area contributed by atoms with Crippen LogP contribution in [0.5, 0.6) is 0 Å². The van der Waals surface area contributed by atoms with Crippen LogP contribution in [0.15, 0.2) is 18.2 Å². The Kier molecular flexibility index (Phi) is 2.30. The van der Waals surface area contributed by atoms with Gasteiger partial charge in [0.1, 0.15) is 0 Å². The van der Waals surface area contributed by atoms with Gasteiger partial charge in [-0.2, -0.15) is 0 Å². The standard InChI is InChI=1S/C15H18N2S/c1-15(8-3-9-16-15)11-4-2-5-12-13(11)17-14(18-12)10-6-7-10/h2,4-5,10,16H,3,6-9H2,1H3. The zero-order valence-electron chi connectivity index (χ0n) is 10.7. The largest absolute Gasteiger partial charge is 0.308 e. The fourth-order valence-corrected chi connectivity index (χ4v) is 4.20. The van der Waals surface area contributed by atoms with Crippen LogP contribution in [0.3, 0.4) is 0 Å². The lowest BCUT2D eigenvalue weighted by Crippen LogP contribution is -2.33. The number of aromatic nitrogens is 1. The first-order chi connectivity index (χ1) is 8.76. The monoisotopic (exact) mass is 258 g/mol. The maximum atomic E-state index is 4.94. The van der Waals surface area contributed by atoms with E-state index >= 15 is 0 Å². The van der Waals surface area contributed by atoms with E-state index in [0.29, 0.717) is 0 Å². The van der Waals surface area contributed by atoms with Crippen LogP contribution < -0.4 is 5.32 Å². The van der Waals surface area contributed by atoms with Crippen molar-refractivity contribution in [3.8, 4) is 0 Å². The average molecular weight is 258 g/mol.